The topological polar surface area (TPSA) is 67.3 Å². The molecule has 1 saturated heterocycles. The first-order valence-electron chi connectivity index (χ1n) is 11.1. The van der Waals surface area contributed by atoms with Gasteiger partial charge in [-0.3, -0.25) is 19.4 Å². The summed E-state index contributed by atoms with van der Waals surface area (Å²) < 4.78 is 0. The third-order valence-corrected chi connectivity index (χ3v) is 6.91. The van der Waals surface area contributed by atoms with Gasteiger partial charge in [0.25, 0.3) is 5.91 Å². The van der Waals surface area contributed by atoms with Crippen molar-refractivity contribution in [2.24, 2.45) is 5.41 Å². The Hall–Kier alpha value is -3.26. The van der Waals surface area contributed by atoms with Gasteiger partial charge >= 0.3 is 0 Å². The van der Waals surface area contributed by atoms with Crippen LogP contribution in [0.3, 0.4) is 0 Å². The van der Waals surface area contributed by atoms with Gasteiger partial charge in [0.2, 0.25) is 0 Å². The lowest BCUT2D eigenvalue weighted by atomic mass is 9.62. The number of hydrogen-bond donors (Lipinski definition) is 0. The van der Waals surface area contributed by atoms with Gasteiger partial charge in [0.15, 0.2) is 0 Å². The number of aryl methyl sites for hydroxylation is 2. The van der Waals surface area contributed by atoms with E-state index in [1.807, 2.05) is 30.9 Å². The van der Waals surface area contributed by atoms with Gasteiger partial charge in [0.1, 0.15) is 17.5 Å². The molecule has 0 unspecified atom stereocenters. The lowest BCUT2D eigenvalue weighted by Crippen LogP contribution is -2.48. The summed E-state index contributed by atoms with van der Waals surface area (Å²) in [6, 6.07) is 7.45. The molecular weight excluding hydrogens is 400 g/mol. The van der Waals surface area contributed by atoms with E-state index in [0.717, 1.165) is 22.3 Å². The SMILES string of the molecule is CC#Cc1cc(C)c(C2C(=O)CC3(CCN(C(=O)c4cccnc4)CC3)CC2=O)c(C)c1. The van der Waals surface area contributed by atoms with Crippen molar-refractivity contribution in [3.63, 3.8) is 0 Å². The van der Waals surface area contributed by atoms with Gasteiger partial charge in [0.05, 0.1) is 5.56 Å². The van der Waals surface area contributed by atoms with Gasteiger partial charge in [0, 0.05) is 43.9 Å². The van der Waals surface area contributed by atoms with Crippen LogP contribution in [-0.4, -0.2) is 40.4 Å². The lowest BCUT2D eigenvalue weighted by molar-refractivity contribution is -0.138. The highest BCUT2D eigenvalue weighted by molar-refractivity contribution is 6.10. The molecule has 2 aromatic rings. The number of nitrogens with zero attached hydrogens (tertiary/aromatic N) is 2. The average molecular weight is 429 g/mol. The molecule has 1 saturated carbocycles. The minimum atomic E-state index is -0.681. The van der Waals surface area contributed by atoms with Crippen molar-refractivity contribution in [2.75, 3.05) is 13.1 Å². The van der Waals surface area contributed by atoms with E-state index in [9.17, 15) is 14.4 Å². The normalized spacial score (nSPS) is 18.4. The zero-order chi connectivity index (χ0) is 22.9. The number of piperidine rings is 1. The molecule has 32 heavy (non-hydrogen) atoms. The fourth-order valence-corrected chi connectivity index (χ4v) is 5.36. The summed E-state index contributed by atoms with van der Waals surface area (Å²) >= 11 is 0. The molecular formula is C27H28N2O3. The largest absolute Gasteiger partial charge is 0.339 e. The number of carbonyl (C=O) groups is 3. The van der Waals surface area contributed by atoms with Gasteiger partial charge in [-0.05, 0) is 80.0 Å². The standard InChI is InChI=1S/C27H28N2O3/c1-4-6-20-13-18(2)24(19(3)14-20)25-22(30)15-27(16-23(25)31)8-11-29(12-9-27)26(32)21-7-5-10-28-17-21/h5,7,10,13-14,17,25H,8-9,11-12,15-16H2,1-3H3. The molecule has 1 amide bonds. The Morgan fingerprint density at radius 3 is 2.25 bits per heavy atom. The molecule has 2 aliphatic rings. The monoisotopic (exact) mass is 428 g/mol. The minimum Gasteiger partial charge on any atom is -0.339 e. The van der Waals surface area contributed by atoms with E-state index in [4.69, 9.17) is 0 Å². The smallest absolute Gasteiger partial charge is 0.255 e. The molecule has 0 radical (unpaired) electrons. The quantitative estimate of drug-likeness (QED) is 0.535. The molecule has 1 aromatic carbocycles. The number of pyridine rings is 1. The highest BCUT2D eigenvalue weighted by Crippen LogP contribution is 2.46. The van der Waals surface area contributed by atoms with Crippen LogP contribution in [0.15, 0.2) is 36.7 Å². The van der Waals surface area contributed by atoms with Crippen LogP contribution >= 0.6 is 0 Å². The number of likely N-dealkylation sites (tertiary alicyclic amines) is 1. The third kappa shape index (κ3) is 4.10. The van der Waals surface area contributed by atoms with Gasteiger partial charge in [-0.25, -0.2) is 0 Å². The van der Waals surface area contributed by atoms with Crippen molar-refractivity contribution < 1.29 is 14.4 Å². The molecule has 5 heteroatoms. The number of carbonyl (C=O) groups excluding carboxylic acids is 3. The zero-order valence-electron chi connectivity index (χ0n) is 18.9. The van der Waals surface area contributed by atoms with Crippen LogP contribution in [0.25, 0.3) is 0 Å². The number of aromatic nitrogens is 1. The number of rotatable bonds is 2. The fourth-order valence-electron chi connectivity index (χ4n) is 5.36. The molecule has 2 fully saturated rings. The summed E-state index contributed by atoms with van der Waals surface area (Å²) in [5.74, 6) is 5.25. The lowest BCUT2D eigenvalue weighted by Gasteiger charge is -2.44. The summed E-state index contributed by atoms with van der Waals surface area (Å²) in [7, 11) is 0. The molecule has 1 aromatic heterocycles. The maximum absolute atomic E-state index is 13.3. The van der Waals surface area contributed by atoms with Gasteiger partial charge in [-0.15, -0.1) is 5.92 Å². The number of ketones is 2. The summed E-state index contributed by atoms with van der Waals surface area (Å²) in [5.41, 5.74) is 3.89. The second-order valence-electron chi connectivity index (χ2n) is 9.15. The minimum absolute atomic E-state index is 0.00816. The number of benzene rings is 1. The average Bonchev–Trinajstić information content (AvgIpc) is 2.76. The number of hydrogen-bond acceptors (Lipinski definition) is 4. The fraction of sp³-hybridized carbons (Fsp3) is 0.407. The van der Waals surface area contributed by atoms with Gasteiger partial charge < -0.3 is 4.90 Å². The maximum Gasteiger partial charge on any atom is 0.255 e. The Balaban J connectivity index is 1.49. The van der Waals surface area contributed by atoms with Crippen molar-refractivity contribution >= 4 is 17.5 Å². The molecule has 1 aliphatic carbocycles. The summed E-state index contributed by atoms with van der Waals surface area (Å²) in [6.07, 6.45) is 5.36. The van der Waals surface area contributed by atoms with Crippen LogP contribution in [0, 0.1) is 31.1 Å². The molecule has 0 bridgehead atoms. The van der Waals surface area contributed by atoms with Gasteiger partial charge in [-0.2, -0.15) is 0 Å². The Kier molecular flexibility index (Phi) is 5.97. The Labute approximate surface area is 189 Å². The first-order chi connectivity index (χ1) is 15.3. The predicted octanol–water partition coefficient (Wildman–Crippen LogP) is 4.01. The molecule has 0 atom stereocenters. The highest BCUT2D eigenvalue weighted by Gasteiger charge is 2.47. The van der Waals surface area contributed by atoms with Crippen molar-refractivity contribution in [1.29, 1.82) is 0 Å². The Bertz CT molecular complexity index is 1090. The maximum atomic E-state index is 13.3. The highest BCUT2D eigenvalue weighted by atomic mass is 16.2. The van der Waals surface area contributed by atoms with E-state index in [0.29, 0.717) is 44.3 Å². The van der Waals surface area contributed by atoms with E-state index in [2.05, 4.69) is 16.8 Å². The van der Waals surface area contributed by atoms with E-state index < -0.39 is 5.92 Å². The van der Waals surface area contributed by atoms with Crippen molar-refractivity contribution in [3.05, 3.63) is 64.5 Å². The van der Waals surface area contributed by atoms with Crippen LogP contribution in [0.2, 0.25) is 0 Å². The van der Waals surface area contributed by atoms with Crippen LogP contribution < -0.4 is 0 Å². The van der Waals surface area contributed by atoms with Crippen molar-refractivity contribution in [1.82, 2.24) is 9.88 Å². The van der Waals surface area contributed by atoms with Crippen LogP contribution in [-0.2, 0) is 9.59 Å². The second kappa shape index (κ2) is 8.70. The predicted molar refractivity (Wildman–Crippen MR) is 122 cm³/mol. The summed E-state index contributed by atoms with van der Waals surface area (Å²) in [6.45, 7) is 6.82. The first-order valence-corrected chi connectivity index (χ1v) is 11.1. The Morgan fingerprint density at radius 1 is 1.09 bits per heavy atom. The van der Waals surface area contributed by atoms with E-state index >= 15 is 0 Å². The molecule has 164 valence electrons. The summed E-state index contributed by atoms with van der Waals surface area (Å²) in [4.78, 5) is 45.2. The van der Waals surface area contributed by atoms with Crippen LogP contribution in [0.4, 0.5) is 0 Å². The Morgan fingerprint density at radius 2 is 1.72 bits per heavy atom. The van der Waals surface area contributed by atoms with Crippen LogP contribution in [0.1, 0.15) is 71.1 Å². The first kappa shape index (κ1) is 22.0. The molecule has 4 rings (SSSR count). The summed E-state index contributed by atoms with van der Waals surface area (Å²) in [5, 5.41) is 0. The van der Waals surface area contributed by atoms with Crippen molar-refractivity contribution in [2.45, 2.75) is 52.4 Å². The third-order valence-electron chi connectivity index (χ3n) is 6.91. The van der Waals surface area contributed by atoms with Crippen LogP contribution in [0.5, 0.6) is 0 Å². The van der Waals surface area contributed by atoms with E-state index in [-0.39, 0.29) is 22.9 Å². The molecule has 1 aliphatic heterocycles. The zero-order valence-corrected chi connectivity index (χ0v) is 18.9. The number of Topliss-reactive ketones (excluding diaryl/α,β-unsaturated/α-hetero) is 2. The van der Waals surface area contributed by atoms with E-state index in [1.165, 1.54) is 0 Å². The van der Waals surface area contributed by atoms with E-state index in [1.54, 1.807) is 31.5 Å². The van der Waals surface area contributed by atoms with Gasteiger partial charge in [-0.1, -0.05) is 5.92 Å². The van der Waals surface area contributed by atoms with Crippen molar-refractivity contribution in [3.8, 4) is 11.8 Å². The second-order valence-corrected chi connectivity index (χ2v) is 9.15. The molecule has 0 N–H and O–H groups in total. The molecule has 2 heterocycles. The number of amides is 1. The molecule has 1 spiro atoms. The molecule has 5 nitrogen and oxygen atoms in total.